The molecule has 0 spiro atoms. The zero-order valence-corrected chi connectivity index (χ0v) is 20.6. The van der Waals surface area contributed by atoms with Crippen LogP contribution in [-0.4, -0.2) is 31.2 Å². The molecule has 0 amide bonds. The van der Waals surface area contributed by atoms with Crippen LogP contribution in [0.25, 0.3) is 0 Å². The molecule has 0 saturated heterocycles. The van der Waals surface area contributed by atoms with Crippen molar-refractivity contribution in [3.8, 4) is 0 Å². The van der Waals surface area contributed by atoms with Crippen molar-refractivity contribution < 1.29 is 14.6 Å². The molecule has 0 aliphatic carbocycles. The van der Waals surface area contributed by atoms with Crippen LogP contribution in [0.15, 0.2) is 12.2 Å². The smallest absolute Gasteiger partial charge is 0.157 e. The highest BCUT2D eigenvalue weighted by Crippen LogP contribution is 2.15. The van der Waals surface area contributed by atoms with Gasteiger partial charge in [-0.05, 0) is 44.9 Å². The average Bonchev–Trinajstić information content (AvgIpc) is 2.76. The van der Waals surface area contributed by atoms with E-state index in [0.717, 1.165) is 38.9 Å². The number of hydrogen-bond donors (Lipinski definition) is 1. The van der Waals surface area contributed by atoms with Crippen LogP contribution in [-0.2, 0) is 9.47 Å². The van der Waals surface area contributed by atoms with Crippen LogP contribution >= 0.6 is 0 Å². The monoisotopic (exact) mass is 426 g/mol. The zero-order valence-electron chi connectivity index (χ0n) is 20.6. The number of aliphatic hydroxyl groups is 1. The molecule has 0 heterocycles. The molecular weight excluding hydrogens is 372 g/mol. The summed E-state index contributed by atoms with van der Waals surface area (Å²) in [5.41, 5.74) is 0. The summed E-state index contributed by atoms with van der Waals surface area (Å²) in [6.07, 6.45) is 28.2. The molecule has 30 heavy (non-hydrogen) atoms. The van der Waals surface area contributed by atoms with Crippen molar-refractivity contribution in [1.29, 1.82) is 0 Å². The van der Waals surface area contributed by atoms with E-state index in [2.05, 4.69) is 26.0 Å². The maximum atomic E-state index is 8.71. The number of rotatable bonds is 25. The molecule has 1 N–H and O–H groups in total. The van der Waals surface area contributed by atoms with Crippen LogP contribution in [0.1, 0.15) is 136 Å². The summed E-state index contributed by atoms with van der Waals surface area (Å²) in [5, 5.41) is 8.71. The van der Waals surface area contributed by atoms with Gasteiger partial charge < -0.3 is 14.6 Å². The SMILES string of the molecule is CCCCCOC(CCCCCCCCCCCC/C=C/CCO)OCCCCC. The highest BCUT2D eigenvalue weighted by molar-refractivity contribution is 4.80. The number of hydrogen-bond acceptors (Lipinski definition) is 3. The fraction of sp³-hybridized carbons (Fsp3) is 0.926. The number of allylic oxidation sites excluding steroid dienone is 1. The predicted octanol–water partition coefficient (Wildman–Crippen LogP) is 8.35. The zero-order chi connectivity index (χ0) is 22.0. The molecule has 0 aliphatic heterocycles. The van der Waals surface area contributed by atoms with Gasteiger partial charge in [0.25, 0.3) is 0 Å². The first-order valence-corrected chi connectivity index (χ1v) is 13.3. The van der Waals surface area contributed by atoms with Crippen LogP contribution in [0.3, 0.4) is 0 Å². The lowest BCUT2D eigenvalue weighted by Crippen LogP contribution is -2.19. The van der Waals surface area contributed by atoms with Crippen molar-refractivity contribution in [3.05, 3.63) is 12.2 Å². The van der Waals surface area contributed by atoms with Gasteiger partial charge in [0.15, 0.2) is 6.29 Å². The fourth-order valence-corrected chi connectivity index (χ4v) is 3.65. The molecule has 3 nitrogen and oxygen atoms in total. The number of ether oxygens (including phenoxy) is 2. The van der Waals surface area contributed by atoms with Crippen molar-refractivity contribution in [3.63, 3.8) is 0 Å². The molecule has 0 aromatic rings. The third-order valence-electron chi connectivity index (χ3n) is 5.63. The van der Waals surface area contributed by atoms with Gasteiger partial charge in [0.1, 0.15) is 0 Å². The van der Waals surface area contributed by atoms with Crippen LogP contribution in [0.4, 0.5) is 0 Å². The predicted molar refractivity (Wildman–Crippen MR) is 131 cm³/mol. The molecule has 0 saturated carbocycles. The Hall–Kier alpha value is -0.380. The molecule has 3 heteroatoms. The molecule has 0 aromatic carbocycles. The maximum absolute atomic E-state index is 8.71. The Morgan fingerprint density at radius 3 is 1.53 bits per heavy atom. The standard InChI is InChI=1S/C27H54O3/c1-3-5-21-25-29-27(30-26-22-6-4-2)23-19-17-15-13-11-9-7-8-10-12-14-16-18-20-24-28/h16,18,27-28H,3-15,17,19-26H2,1-2H3/b18-16+. The molecule has 0 aliphatic rings. The van der Waals surface area contributed by atoms with E-state index in [1.54, 1.807) is 0 Å². The minimum atomic E-state index is 0.0252. The Balaban J connectivity index is 3.51. The quantitative estimate of drug-likeness (QED) is 0.0905. The summed E-state index contributed by atoms with van der Waals surface area (Å²) in [6, 6.07) is 0. The summed E-state index contributed by atoms with van der Waals surface area (Å²) in [7, 11) is 0. The molecule has 0 bridgehead atoms. The molecule has 0 atom stereocenters. The largest absolute Gasteiger partial charge is 0.396 e. The lowest BCUT2D eigenvalue weighted by Gasteiger charge is -2.18. The van der Waals surface area contributed by atoms with E-state index in [-0.39, 0.29) is 12.9 Å². The van der Waals surface area contributed by atoms with E-state index in [9.17, 15) is 0 Å². The summed E-state index contributed by atoms with van der Waals surface area (Å²) in [6.45, 7) is 6.45. The first-order chi connectivity index (χ1) is 14.8. The lowest BCUT2D eigenvalue weighted by atomic mass is 10.0. The summed E-state index contributed by atoms with van der Waals surface area (Å²) < 4.78 is 12.0. The minimum absolute atomic E-state index is 0.0252. The van der Waals surface area contributed by atoms with Gasteiger partial charge in [0, 0.05) is 19.8 Å². The average molecular weight is 427 g/mol. The maximum Gasteiger partial charge on any atom is 0.157 e. The summed E-state index contributed by atoms with van der Waals surface area (Å²) in [4.78, 5) is 0. The van der Waals surface area contributed by atoms with Gasteiger partial charge >= 0.3 is 0 Å². The van der Waals surface area contributed by atoms with Gasteiger partial charge in [-0.25, -0.2) is 0 Å². The summed E-state index contributed by atoms with van der Waals surface area (Å²) >= 11 is 0. The minimum Gasteiger partial charge on any atom is -0.396 e. The Morgan fingerprint density at radius 1 is 0.567 bits per heavy atom. The molecule has 180 valence electrons. The van der Waals surface area contributed by atoms with Crippen molar-refractivity contribution in [2.24, 2.45) is 0 Å². The molecule has 0 radical (unpaired) electrons. The lowest BCUT2D eigenvalue weighted by molar-refractivity contribution is -0.148. The Labute approximate surface area is 189 Å². The van der Waals surface area contributed by atoms with Crippen LogP contribution in [0, 0.1) is 0 Å². The normalized spacial score (nSPS) is 11.9. The molecule has 0 rings (SSSR count). The Morgan fingerprint density at radius 2 is 1.03 bits per heavy atom. The van der Waals surface area contributed by atoms with Gasteiger partial charge in [-0.2, -0.15) is 0 Å². The number of unbranched alkanes of at least 4 members (excludes halogenated alkanes) is 14. The highest BCUT2D eigenvalue weighted by atomic mass is 16.7. The van der Waals surface area contributed by atoms with Gasteiger partial charge in [0.05, 0.1) is 0 Å². The van der Waals surface area contributed by atoms with Crippen molar-refractivity contribution in [1.82, 2.24) is 0 Å². The molecule has 0 unspecified atom stereocenters. The van der Waals surface area contributed by atoms with Crippen molar-refractivity contribution in [2.45, 2.75) is 142 Å². The van der Waals surface area contributed by atoms with Gasteiger partial charge in [-0.3, -0.25) is 0 Å². The van der Waals surface area contributed by atoms with Crippen molar-refractivity contribution in [2.75, 3.05) is 19.8 Å². The second-order valence-corrected chi connectivity index (χ2v) is 8.68. The first-order valence-electron chi connectivity index (χ1n) is 13.3. The molecular formula is C27H54O3. The van der Waals surface area contributed by atoms with E-state index in [1.165, 1.54) is 96.3 Å². The highest BCUT2D eigenvalue weighted by Gasteiger charge is 2.09. The van der Waals surface area contributed by atoms with E-state index in [1.807, 2.05) is 0 Å². The molecule has 0 fully saturated rings. The van der Waals surface area contributed by atoms with Crippen LogP contribution in [0.2, 0.25) is 0 Å². The van der Waals surface area contributed by atoms with E-state index >= 15 is 0 Å². The second kappa shape index (κ2) is 26.7. The third kappa shape index (κ3) is 23.9. The first kappa shape index (κ1) is 29.6. The fourth-order valence-electron chi connectivity index (χ4n) is 3.65. The Bertz CT molecular complexity index is 318. The Kier molecular flexibility index (Phi) is 26.3. The summed E-state index contributed by atoms with van der Waals surface area (Å²) in [5.74, 6) is 0. The van der Waals surface area contributed by atoms with E-state index in [0.29, 0.717) is 0 Å². The second-order valence-electron chi connectivity index (χ2n) is 8.68. The third-order valence-corrected chi connectivity index (χ3v) is 5.63. The van der Waals surface area contributed by atoms with Gasteiger partial charge in [-0.15, -0.1) is 0 Å². The van der Waals surface area contributed by atoms with Gasteiger partial charge in [-0.1, -0.05) is 103 Å². The van der Waals surface area contributed by atoms with E-state index < -0.39 is 0 Å². The van der Waals surface area contributed by atoms with Crippen molar-refractivity contribution >= 4 is 0 Å². The number of aliphatic hydroxyl groups excluding tert-OH is 1. The van der Waals surface area contributed by atoms with E-state index in [4.69, 9.17) is 14.6 Å². The van der Waals surface area contributed by atoms with Gasteiger partial charge in [0.2, 0.25) is 0 Å². The van der Waals surface area contributed by atoms with Crippen LogP contribution in [0.5, 0.6) is 0 Å². The molecule has 0 aromatic heterocycles. The topological polar surface area (TPSA) is 38.7 Å². The van der Waals surface area contributed by atoms with Crippen LogP contribution < -0.4 is 0 Å².